The maximum absolute atomic E-state index is 13.3. The summed E-state index contributed by atoms with van der Waals surface area (Å²) in [4.78, 5) is 28.6. The fourth-order valence-electron chi connectivity index (χ4n) is 4.00. The van der Waals surface area contributed by atoms with Gasteiger partial charge < -0.3 is 19.9 Å². The maximum atomic E-state index is 13.3. The molecule has 26 heavy (non-hydrogen) atoms. The Morgan fingerprint density at radius 2 is 2.08 bits per heavy atom. The lowest BCUT2D eigenvalue weighted by Crippen LogP contribution is -2.44. The van der Waals surface area contributed by atoms with E-state index in [-0.39, 0.29) is 35.6 Å². The number of urea groups is 1. The molecule has 2 aliphatic heterocycles. The molecular weight excluding hydrogens is 337 g/mol. The summed E-state index contributed by atoms with van der Waals surface area (Å²) in [5.41, 5.74) is 0.495. The number of amides is 3. The first-order valence-corrected chi connectivity index (χ1v) is 8.97. The van der Waals surface area contributed by atoms with Crippen LogP contribution in [0.1, 0.15) is 18.4 Å². The van der Waals surface area contributed by atoms with Gasteiger partial charge in [0.05, 0.1) is 5.92 Å². The van der Waals surface area contributed by atoms with Crippen LogP contribution in [0.15, 0.2) is 24.3 Å². The summed E-state index contributed by atoms with van der Waals surface area (Å²) in [5, 5.41) is 2.84. The number of halogens is 1. The largest absolute Gasteiger partial charge is 0.381 e. The molecule has 1 aromatic carbocycles. The summed E-state index contributed by atoms with van der Waals surface area (Å²) in [6, 6.07) is 5.95. The minimum Gasteiger partial charge on any atom is -0.381 e. The van der Waals surface area contributed by atoms with Gasteiger partial charge in [-0.3, -0.25) is 4.79 Å². The zero-order valence-electron chi connectivity index (χ0n) is 15.3. The van der Waals surface area contributed by atoms with Gasteiger partial charge in [-0.2, -0.15) is 0 Å². The predicted octanol–water partition coefficient (Wildman–Crippen LogP) is 1.85. The molecule has 0 bridgehead atoms. The highest BCUT2D eigenvalue weighted by molar-refractivity contribution is 5.82. The van der Waals surface area contributed by atoms with Crippen molar-refractivity contribution < 1.29 is 18.7 Å². The number of likely N-dealkylation sites (tertiary alicyclic amines) is 1. The molecule has 7 heteroatoms. The summed E-state index contributed by atoms with van der Waals surface area (Å²) in [7, 11) is 3.50. The van der Waals surface area contributed by atoms with Gasteiger partial charge in [0.2, 0.25) is 5.91 Å². The molecule has 0 aromatic heterocycles. The number of ether oxygens (including phenoxy) is 1. The number of nitrogens with zero attached hydrogens (tertiary/aromatic N) is 2. The van der Waals surface area contributed by atoms with Crippen LogP contribution in [-0.2, 0) is 16.1 Å². The molecule has 0 radical (unpaired) electrons. The molecule has 1 N–H and O–H groups in total. The third-order valence-corrected chi connectivity index (χ3v) is 5.50. The zero-order chi connectivity index (χ0) is 18.7. The molecule has 0 aliphatic carbocycles. The van der Waals surface area contributed by atoms with Crippen LogP contribution in [0, 0.1) is 17.2 Å². The van der Waals surface area contributed by atoms with E-state index in [1.807, 2.05) is 0 Å². The van der Waals surface area contributed by atoms with Gasteiger partial charge in [0.1, 0.15) is 5.82 Å². The molecular formula is C19H26FN3O3. The third-order valence-electron chi connectivity index (χ3n) is 5.50. The van der Waals surface area contributed by atoms with Crippen LogP contribution in [0.3, 0.4) is 0 Å². The number of benzene rings is 1. The van der Waals surface area contributed by atoms with Crippen molar-refractivity contribution in [2.45, 2.75) is 19.4 Å². The van der Waals surface area contributed by atoms with Gasteiger partial charge in [-0.05, 0) is 30.5 Å². The standard InChI is InChI=1S/C19H26FN3O3/c1-22(2)17(24)16-12-23(13-19(16)6-8-26-9-7-19)18(25)21-11-14-4-3-5-15(20)10-14/h3-5,10,16H,6-9,11-13H2,1-2H3,(H,21,25). The molecule has 3 amide bonds. The van der Waals surface area contributed by atoms with Gasteiger partial charge >= 0.3 is 6.03 Å². The molecule has 2 aliphatic rings. The fourth-order valence-corrected chi connectivity index (χ4v) is 4.00. The van der Waals surface area contributed by atoms with Crippen molar-refractivity contribution in [1.82, 2.24) is 15.1 Å². The highest BCUT2D eigenvalue weighted by atomic mass is 19.1. The summed E-state index contributed by atoms with van der Waals surface area (Å²) < 4.78 is 18.7. The normalized spacial score (nSPS) is 21.7. The van der Waals surface area contributed by atoms with E-state index in [1.165, 1.54) is 12.1 Å². The quantitative estimate of drug-likeness (QED) is 0.892. The Bertz CT molecular complexity index is 674. The SMILES string of the molecule is CN(C)C(=O)C1CN(C(=O)NCc2cccc(F)c2)CC12CCOCC2. The van der Waals surface area contributed by atoms with E-state index in [4.69, 9.17) is 4.74 Å². The molecule has 2 heterocycles. The monoisotopic (exact) mass is 363 g/mol. The van der Waals surface area contributed by atoms with Gasteiger partial charge in [0.25, 0.3) is 0 Å². The molecule has 3 rings (SSSR count). The second-order valence-electron chi connectivity index (χ2n) is 7.43. The highest BCUT2D eigenvalue weighted by Crippen LogP contribution is 2.44. The van der Waals surface area contributed by atoms with Crippen molar-refractivity contribution in [3.63, 3.8) is 0 Å². The van der Waals surface area contributed by atoms with Crippen LogP contribution in [0.5, 0.6) is 0 Å². The number of carbonyl (C=O) groups is 2. The first kappa shape index (κ1) is 18.6. The van der Waals surface area contributed by atoms with Crippen LogP contribution in [-0.4, -0.2) is 62.1 Å². The minimum absolute atomic E-state index is 0.0623. The van der Waals surface area contributed by atoms with Crippen molar-refractivity contribution in [2.75, 3.05) is 40.4 Å². The Kier molecular flexibility index (Phi) is 5.46. The summed E-state index contributed by atoms with van der Waals surface area (Å²) in [6.45, 7) is 2.46. The van der Waals surface area contributed by atoms with Crippen LogP contribution < -0.4 is 5.32 Å². The highest BCUT2D eigenvalue weighted by Gasteiger charge is 2.52. The van der Waals surface area contributed by atoms with Crippen LogP contribution in [0.2, 0.25) is 0 Å². The molecule has 0 saturated carbocycles. The van der Waals surface area contributed by atoms with Gasteiger partial charge in [-0.15, -0.1) is 0 Å². The van der Waals surface area contributed by atoms with E-state index in [9.17, 15) is 14.0 Å². The number of carbonyl (C=O) groups excluding carboxylic acids is 2. The van der Waals surface area contributed by atoms with Gasteiger partial charge in [-0.1, -0.05) is 12.1 Å². The Morgan fingerprint density at radius 3 is 2.73 bits per heavy atom. The van der Waals surface area contributed by atoms with E-state index in [0.717, 1.165) is 12.8 Å². The van der Waals surface area contributed by atoms with Crippen molar-refractivity contribution in [3.8, 4) is 0 Å². The van der Waals surface area contributed by atoms with E-state index >= 15 is 0 Å². The summed E-state index contributed by atoms with van der Waals surface area (Å²) in [6.07, 6.45) is 1.57. The van der Waals surface area contributed by atoms with Crippen molar-refractivity contribution >= 4 is 11.9 Å². The molecule has 2 fully saturated rings. The van der Waals surface area contributed by atoms with Crippen LogP contribution >= 0.6 is 0 Å². The lowest BCUT2D eigenvalue weighted by atomic mass is 9.71. The smallest absolute Gasteiger partial charge is 0.317 e. The van der Waals surface area contributed by atoms with Crippen LogP contribution in [0.4, 0.5) is 9.18 Å². The second kappa shape index (κ2) is 7.61. The average Bonchev–Trinajstić information content (AvgIpc) is 2.98. The summed E-state index contributed by atoms with van der Waals surface area (Å²) in [5.74, 6) is -0.468. The Morgan fingerprint density at radius 1 is 1.35 bits per heavy atom. The van der Waals surface area contributed by atoms with E-state index < -0.39 is 0 Å². The molecule has 1 aromatic rings. The number of nitrogens with one attached hydrogen (secondary N) is 1. The van der Waals surface area contributed by atoms with Crippen LogP contribution in [0.25, 0.3) is 0 Å². The average molecular weight is 363 g/mol. The molecule has 6 nitrogen and oxygen atoms in total. The first-order valence-electron chi connectivity index (χ1n) is 8.97. The number of hydrogen-bond donors (Lipinski definition) is 1. The lowest BCUT2D eigenvalue weighted by molar-refractivity contribution is -0.138. The maximum Gasteiger partial charge on any atom is 0.317 e. The van der Waals surface area contributed by atoms with E-state index in [2.05, 4.69) is 5.32 Å². The fraction of sp³-hybridized carbons (Fsp3) is 0.579. The minimum atomic E-state index is -0.323. The number of hydrogen-bond acceptors (Lipinski definition) is 3. The zero-order valence-corrected chi connectivity index (χ0v) is 15.3. The topological polar surface area (TPSA) is 61.9 Å². The van der Waals surface area contributed by atoms with Gasteiger partial charge in [0.15, 0.2) is 0 Å². The first-order chi connectivity index (χ1) is 12.4. The molecule has 1 spiro atoms. The lowest BCUT2D eigenvalue weighted by Gasteiger charge is -2.37. The molecule has 1 atom stereocenters. The van der Waals surface area contributed by atoms with Crippen molar-refractivity contribution in [3.05, 3.63) is 35.6 Å². The summed E-state index contributed by atoms with van der Waals surface area (Å²) >= 11 is 0. The molecule has 2 saturated heterocycles. The Hall–Kier alpha value is -2.15. The second-order valence-corrected chi connectivity index (χ2v) is 7.43. The third kappa shape index (κ3) is 3.82. The Labute approximate surface area is 153 Å². The van der Waals surface area contributed by atoms with E-state index in [0.29, 0.717) is 31.9 Å². The predicted molar refractivity (Wildman–Crippen MR) is 94.9 cm³/mol. The Balaban J connectivity index is 1.68. The number of rotatable bonds is 3. The molecule has 142 valence electrons. The van der Waals surface area contributed by atoms with Gasteiger partial charge in [-0.25, -0.2) is 9.18 Å². The van der Waals surface area contributed by atoms with E-state index in [1.54, 1.807) is 36.0 Å². The van der Waals surface area contributed by atoms with Gasteiger partial charge in [0, 0.05) is 52.4 Å². The van der Waals surface area contributed by atoms with Crippen molar-refractivity contribution in [1.29, 1.82) is 0 Å². The molecule has 1 unspecified atom stereocenters. The van der Waals surface area contributed by atoms with Crippen molar-refractivity contribution in [2.24, 2.45) is 11.3 Å².